The number of hydrogen-bond donors (Lipinski definition) is 2. The summed E-state index contributed by atoms with van der Waals surface area (Å²) < 4.78 is 3.15. The van der Waals surface area contributed by atoms with Crippen LogP contribution in [0.1, 0.15) is 43.6 Å². The zero-order chi connectivity index (χ0) is 15.4. The minimum Gasteiger partial charge on any atom is -0.271 e. The molecule has 0 aliphatic rings. The Morgan fingerprint density at radius 2 is 2.19 bits per heavy atom. The van der Waals surface area contributed by atoms with Crippen molar-refractivity contribution < 1.29 is 0 Å². The zero-order valence-electron chi connectivity index (χ0n) is 12.2. The first kappa shape index (κ1) is 16.7. The number of nitrogens with zero attached hydrogens (tertiary/aromatic N) is 2. The highest BCUT2D eigenvalue weighted by Gasteiger charge is 2.16. The molecule has 0 saturated heterocycles. The summed E-state index contributed by atoms with van der Waals surface area (Å²) in [6.45, 7) is 4.32. The molecule has 0 aliphatic heterocycles. The normalized spacial score (nSPS) is 14.1. The summed E-state index contributed by atoms with van der Waals surface area (Å²) in [5, 5.41) is 5.35. The zero-order valence-corrected chi connectivity index (χ0v) is 15.1. The van der Waals surface area contributed by atoms with Crippen LogP contribution in [0, 0.1) is 3.57 Å². The molecule has 114 valence electrons. The lowest BCUT2D eigenvalue weighted by molar-refractivity contribution is 0.467. The van der Waals surface area contributed by atoms with Crippen molar-refractivity contribution in [3.05, 3.63) is 50.3 Å². The summed E-state index contributed by atoms with van der Waals surface area (Å²) in [6.07, 6.45) is 3.82. The summed E-state index contributed by atoms with van der Waals surface area (Å²) in [6, 6.07) is 8.30. The second-order valence-electron chi connectivity index (χ2n) is 5.13. The van der Waals surface area contributed by atoms with Crippen LogP contribution in [-0.4, -0.2) is 9.78 Å². The minimum absolute atomic E-state index is 0.00381. The quantitative estimate of drug-likeness (QED) is 0.425. The van der Waals surface area contributed by atoms with Crippen molar-refractivity contribution in [3.63, 3.8) is 0 Å². The van der Waals surface area contributed by atoms with Gasteiger partial charge in [0.05, 0.1) is 11.7 Å². The maximum absolute atomic E-state index is 6.09. The Balaban J connectivity index is 2.19. The molecule has 0 fully saturated rings. The Kier molecular flexibility index (Phi) is 6.04. The predicted molar refractivity (Wildman–Crippen MR) is 95.2 cm³/mol. The summed E-state index contributed by atoms with van der Waals surface area (Å²) in [5.74, 6) is 5.73. The second-order valence-corrected chi connectivity index (χ2v) is 6.73. The smallest absolute Gasteiger partial charge is 0.0644 e. The lowest BCUT2D eigenvalue weighted by atomic mass is 10.0. The van der Waals surface area contributed by atoms with Crippen LogP contribution in [0.2, 0.25) is 5.02 Å². The van der Waals surface area contributed by atoms with E-state index in [1.165, 1.54) is 0 Å². The van der Waals surface area contributed by atoms with Gasteiger partial charge < -0.3 is 0 Å². The molecule has 21 heavy (non-hydrogen) atoms. The van der Waals surface area contributed by atoms with Crippen LogP contribution in [-0.2, 0) is 6.42 Å². The number of aromatic nitrogens is 2. The van der Waals surface area contributed by atoms with E-state index in [1.54, 1.807) is 0 Å². The number of hydrogen-bond acceptors (Lipinski definition) is 3. The Morgan fingerprint density at radius 1 is 1.43 bits per heavy atom. The summed E-state index contributed by atoms with van der Waals surface area (Å²) >= 11 is 8.39. The molecular weight excluding hydrogens is 399 g/mol. The molecule has 4 nitrogen and oxygen atoms in total. The molecular formula is C15H20ClIN4. The molecule has 2 unspecified atom stereocenters. The molecule has 0 bridgehead atoms. The van der Waals surface area contributed by atoms with Crippen LogP contribution in [0.25, 0.3) is 0 Å². The lowest BCUT2D eigenvalue weighted by Gasteiger charge is -2.17. The van der Waals surface area contributed by atoms with Crippen LogP contribution in [0.3, 0.4) is 0 Å². The molecule has 1 heterocycles. The number of halogens is 2. The van der Waals surface area contributed by atoms with Crippen molar-refractivity contribution in [1.82, 2.24) is 15.2 Å². The van der Waals surface area contributed by atoms with Crippen molar-refractivity contribution in [2.75, 3.05) is 0 Å². The monoisotopic (exact) mass is 418 g/mol. The van der Waals surface area contributed by atoms with Gasteiger partial charge in [0.15, 0.2) is 0 Å². The Morgan fingerprint density at radius 3 is 2.86 bits per heavy atom. The molecule has 2 rings (SSSR count). The summed E-state index contributed by atoms with van der Waals surface area (Å²) in [5.41, 5.74) is 5.00. The highest BCUT2D eigenvalue weighted by Crippen LogP contribution is 2.26. The van der Waals surface area contributed by atoms with Crippen molar-refractivity contribution in [2.45, 2.75) is 38.8 Å². The summed E-state index contributed by atoms with van der Waals surface area (Å²) in [7, 11) is 0. The van der Waals surface area contributed by atoms with Crippen LogP contribution >= 0.6 is 34.2 Å². The van der Waals surface area contributed by atoms with Gasteiger partial charge in [-0.15, -0.1) is 0 Å². The van der Waals surface area contributed by atoms with Gasteiger partial charge in [-0.05, 0) is 65.8 Å². The van der Waals surface area contributed by atoms with Gasteiger partial charge in [-0.1, -0.05) is 18.5 Å². The van der Waals surface area contributed by atoms with E-state index in [1.807, 2.05) is 35.1 Å². The minimum atomic E-state index is -0.00381. The first-order valence-electron chi connectivity index (χ1n) is 7.00. The molecule has 0 radical (unpaired) electrons. The molecule has 0 aliphatic carbocycles. The average molecular weight is 419 g/mol. The van der Waals surface area contributed by atoms with Gasteiger partial charge >= 0.3 is 0 Å². The third kappa shape index (κ3) is 4.18. The third-order valence-electron chi connectivity index (χ3n) is 3.65. The molecule has 6 heteroatoms. The molecule has 0 saturated carbocycles. The van der Waals surface area contributed by atoms with Gasteiger partial charge in [0.1, 0.15) is 0 Å². The van der Waals surface area contributed by atoms with Gasteiger partial charge in [-0.25, -0.2) is 0 Å². The molecule has 3 N–H and O–H groups in total. The molecule has 0 spiro atoms. The third-order valence-corrected chi connectivity index (χ3v) is 4.87. The predicted octanol–water partition coefficient (Wildman–Crippen LogP) is 3.86. The fourth-order valence-corrected chi connectivity index (χ4v) is 3.06. The standard InChI is InChI=1S/C15H20ClIN4/c1-3-10(2)21-7-6-12(20-21)9-15(19-18)13-8-11(16)4-5-14(13)17/h4-8,10,15,19H,3,9,18H2,1-2H3. The number of rotatable bonds is 6. The molecule has 1 aromatic carbocycles. The number of benzene rings is 1. The lowest BCUT2D eigenvalue weighted by Crippen LogP contribution is -2.30. The van der Waals surface area contributed by atoms with Crippen molar-refractivity contribution in [3.8, 4) is 0 Å². The van der Waals surface area contributed by atoms with Gasteiger partial charge in [0, 0.05) is 27.3 Å². The van der Waals surface area contributed by atoms with Gasteiger partial charge in [0.2, 0.25) is 0 Å². The fraction of sp³-hybridized carbons (Fsp3) is 0.400. The van der Waals surface area contributed by atoms with Crippen LogP contribution in [0.4, 0.5) is 0 Å². The summed E-state index contributed by atoms with van der Waals surface area (Å²) in [4.78, 5) is 0. The van der Waals surface area contributed by atoms with E-state index < -0.39 is 0 Å². The van der Waals surface area contributed by atoms with E-state index in [0.717, 1.165) is 32.7 Å². The topological polar surface area (TPSA) is 55.9 Å². The van der Waals surface area contributed by atoms with Crippen LogP contribution in [0.15, 0.2) is 30.5 Å². The van der Waals surface area contributed by atoms with E-state index >= 15 is 0 Å². The maximum atomic E-state index is 6.09. The number of nitrogens with two attached hydrogens (primary N) is 1. The first-order valence-corrected chi connectivity index (χ1v) is 8.46. The number of hydrazine groups is 1. The maximum Gasteiger partial charge on any atom is 0.0644 e. The molecule has 2 atom stereocenters. The Bertz CT molecular complexity index is 599. The molecule has 0 amide bonds. The fourth-order valence-electron chi connectivity index (χ4n) is 2.17. The largest absolute Gasteiger partial charge is 0.271 e. The van der Waals surface area contributed by atoms with E-state index in [2.05, 4.69) is 47.0 Å². The highest BCUT2D eigenvalue weighted by atomic mass is 127. The average Bonchev–Trinajstić information content (AvgIpc) is 2.95. The Hall–Kier alpha value is -0.630. The van der Waals surface area contributed by atoms with Gasteiger partial charge in [-0.2, -0.15) is 5.10 Å². The van der Waals surface area contributed by atoms with Crippen LogP contribution in [0.5, 0.6) is 0 Å². The van der Waals surface area contributed by atoms with E-state index in [0.29, 0.717) is 6.04 Å². The van der Waals surface area contributed by atoms with E-state index in [-0.39, 0.29) is 6.04 Å². The van der Waals surface area contributed by atoms with Gasteiger partial charge in [-0.3, -0.25) is 16.0 Å². The molecule has 1 aromatic heterocycles. The SMILES string of the molecule is CCC(C)n1ccc(CC(NN)c2cc(Cl)ccc2I)n1. The van der Waals surface area contributed by atoms with E-state index in [9.17, 15) is 0 Å². The molecule has 2 aromatic rings. The number of nitrogens with one attached hydrogen (secondary N) is 1. The van der Waals surface area contributed by atoms with Crippen molar-refractivity contribution in [2.24, 2.45) is 5.84 Å². The van der Waals surface area contributed by atoms with Crippen LogP contribution < -0.4 is 11.3 Å². The van der Waals surface area contributed by atoms with Crippen molar-refractivity contribution in [1.29, 1.82) is 0 Å². The van der Waals surface area contributed by atoms with Gasteiger partial charge in [0.25, 0.3) is 0 Å². The first-order chi connectivity index (χ1) is 10.0. The highest BCUT2D eigenvalue weighted by molar-refractivity contribution is 14.1. The van der Waals surface area contributed by atoms with Crippen molar-refractivity contribution >= 4 is 34.2 Å². The Labute approximate surface area is 144 Å². The second kappa shape index (κ2) is 7.58. The van der Waals surface area contributed by atoms with E-state index in [4.69, 9.17) is 17.4 Å².